The van der Waals surface area contributed by atoms with Crippen molar-refractivity contribution in [3.05, 3.63) is 29.8 Å². The number of hydrogen-bond acceptors (Lipinski definition) is 2. The molecule has 1 aromatic rings. The highest BCUT2D eigenvalue weighted by Gasteiger charge is 2.30. The summed E-state index contributed by atoms with van der Waals surface area (Å²) in [5, 5.41) is 3.28. The number of rotatable bonds is 1. The largest absolute Gasteiger partial charge is 0.497 e. The van der Waals surface area contributed by atoms with Gasteiger partial charge in [0.2, 0.25) is 0 Å². The molecule has 1 heterocycles. The van der Waals surface area contributed by atoms with E-state index in [1.54, 1.807) is 0 Å². The molecule has 0 amide bonds. The minimum atomic E-state index is -4.30. The van der Waals surface area contributed by atoms with Gasteiger partial charge in [-0.05, 0) is 44.1 Å². The molecule has 5 heteroatoms. The summed E-state index contributed by atoms with van der Waals surface area (Å²) in [6, 6.07) is 4.74. The quantitative estimate of drug-likeness (QED) is 0.835. The highest BCUT2D eigenvalue weighted by Crippen LogP contribution is 2.30. The number of ether oxygens (including phenoxy) is 1. The maximum absolute atomic E-state index is 12.0. The first-order valence-corrected chi connectivity index (χ1v) is 5.96. The first-order chi connectivity index (χ1) is 8.54. The normalized spacial score (nSPS) is 15.6. The molecule has 18 heavy (non-hydrogen) atoms. The Labute approximate surface area is 105 Å². The van der Waals surface area contributed by atoms with Gasteiger partial charge in [0.25, 0.3) is 0 Å². The lowest BCUT2D eigenvalue weighted by Crippen LogP contribution is -2.21. The SMILES string of the molecule is C1CCNCC1.COc1cccc(C(F)(F)F)c1. The summed E-state index contributed by atoms with van der Waals surface area (Å²) in [7, 11) is 1.33. The monoisotopic (exact) mass is 261 g/mol. The van der Waals surface area contributed by atoms with Gasteiger partial charge in [-0.25, -0.2) is 0 Å². The molecule has 0 spiro atoms. The molecule has 1 saturated heterocycles. The Hall–Kier alpha value is -1.23. The van der Waals surface area contributed by atoms with Gasteiger partial charge >= 0.3 is 6.18 Å². The van der Waals surface area contributed by atoms with Crippen LogP contribution in [0.15, 0.2) is 24.3 Å². The van der Waals surface area contributed by atoms with Gasteiger partial charge in [0.1, 0.15) is 5.75 Å². The summed E-state index contributed by atoms with van der Waals surface area (Å²) in [5.41, 5.74) is -0.693. The molecule has 0 saturated carbocycles. The van der Waals surface area contributed by atoms with E-state index < -0.39 is 11.7 Å². The number of hydrogen-bond donors (Lipinski definition) is 1. The first-order valence-electron chi connectivity index (χ1n) is 5.96. The number of halogens is 3. The molecular formula is C13H18F3NO. The van der Waals surface area contributed by atoms with Crippen LogP contribution in [0.25, 0.3) is 0 Å². The van der Waals surface area contributed by atoms with E-state index in [1.807, 2.05) is 0 Å². The lowest BCUT2D eigenvalue weighted by Gasteiger charge is -2.08. The lowest BCUT2D eigenvalue weighted by molar-refractivity contribution is -0.137. The number of alkyl halides is 3. The lowest BCUT2D eigenvalue weighted by atomic mass is 10.2. The molecule has 0 atom stereocenters. The first kappa shape index (κ1) is 14.8. The number of benzene rings is 1. The average Bonchev–Trinajstić information content (AvgIpc) is 2.40. The zero-order valence-corrected chi connectivity index (χ0v) is 10.4. The third-order valence-corrected chi connectivity index (χ3v) is 2.60. The van der Waals surface area contributed by atoms with Crippen molar-refractivity contribution in [3.63, 3.8) is 0 Å². The summed E-state index contributed by atoms with van der Waals surface area (Å²) >= 11 is 0. The van der Waals surface area contributed by atoms with Crippen LogP contribution >= 0.6 is 0 Å². The fourth-order valence-corrected chi connectivity index (χ4v) is 1.60. The molecule has 1 fully saturated rings. The van der Waals surface area contributed by atoms with Crippen LogP contribution in [0.1, 0.15) is 24.8 Å². The van der Waals surface area contributed by atoms with Gasteiger partial charge in [-0.1, -0.05) is 12.5 Å². The third-order valence-electron chi connectivity index (χ3n) is 2.60. The Balaban J connectivity index is 0.000000225. The highest BCUT2D eigenvalue weighted by molar-refractivity contribution is 5.29. The zero-order chi connectivity index (χ0) is 13.4. The summed E-state index contributed by atoms with van der Waals surface area (Å²) in [4.78, 5) is 0. The Morgan fingerprint density at radius 3 is 2.17 bits per heavy atom. The van der Waals surface area contributed by atoms with Crippen LogP contribution in [0.5, 0.6) is 5.75 Å². The molecule has 102 valence electrons. The molecule has 0 aliphatic carbocycles. The minimum Gasteiger partial charge on any atom is -0.497 e. The number of piperidine rings is 1. The molecule has 1 aliphatic rings. The van der Waals surface area contributed by atoms with E-state index in [0.717, 1.165) is 12.1 Å². The van der Waals surface area contributed by atoms with Gasteiger partial charge in [0.15, 0.2) is 0 Å². The molecule has 0 unspecified atom stereocenters. The van der Waals surface area contributed by atoms with Crippen molar-refractivity contribution in [2.75, 3.05) is 20.2 Å². The third kappa shape index (κ3) is 5.40. The van der Waals surface area contributed by atoms with Crippen molar-refractivity contribution >= 4 is 0 Å². The van der Waals surface area contributed by atoms with E-state index in [2.05, 4.69) is 10.1 Å². The van der Waals surface area contributed by atoms with Crippen LogP contribution in [-0.2, 0) is 6.18 Å². The van der Waals surface area contributed by atoms with Crippen molar-refractivity contribution in [1.82, 2.24) is 5.32 Å². The van der Waals surface area contributed by atoms with E-state index >= 15 is 0 Å². The number of nitrogens with one attached hydrogen (secondary N) is 1. The fourth-order valence-electron chi connectivity index (χ4n) is 1.60. The predicted molar refractivity (Wildman–Crippen MR) is 64.7 cm³/mol. The zero-order valence-electron chi connectivity index (χ0n) is 10.4. The summed E-state index contributed by atoms with van der Waals surface area (Å²) in [6.45, 7) is 2.50. The molecule has 2 rings (SSSR count). The molecule has 0 radical (unpaired) electrons. The van der Waals surface area contributed by atoms with Crippen molar-refractivity contribution in [2.45, 2.75) is 25.4 Å². The Kier molecular flexibility index (Phi) is 5.98. The maximum atomic E-state index is 12.0. The summed E-state index contributed by atoms with van der Waals surface area (Å²) in [6.07, 6.45) is -0.0818. The second-order valence-electron chi connectivity index (χ2n) is 4.04. The van der Waals surface area contributed by atoms with Gasteiger partial charge in [-0.3, -0.25) is 0 Å². The summed E-state index contributed by atoms with van der Waals surface area (Å²) in [5.74, 6) is 0.213. The molecule has 1 aliphatic heterocycles. The van der Waals surface area contributed by atoms with Crippen LogP contribution < -0.4 is 10.1 Å². The Bertz CT molecular complexity index is 337. The van der Waals surface area contributed by atoms with Crippen LogP contribution in [0, 0.1) is 0 Å². The van der Waals surface area contributed by atoms with Gasteiger partial charge < -0.3 is 10.1 Å². The minimum absolute atomic E-state index is 0.213. The second-order valence-corrected chi connectivity index (χ2v) is 4.04. The van der Waals surface area contributed by atoms with Gasteiger partial charge in [-0.15, -0.1) is 0 Å². The predicted octanol–water partition coefficient (Wildman–Crippen LogP) is 3.47. The maximum Gasteiger partial charge on any atom is 0.416 e. The van der Waals surface area contributed by atoms with E-state index in [0.29, 0.717) is 0 Å². The highest BCUT2D eigenvalue weighted by atomic mass is 19.4. The van der Waals surface area contributed by atoms with E-state index in [1.165, 1.54) is 51.6 Å². The van der Waals surface area contributed by atoms with E-state index in [4.69, 9.17) is 0 Å². The topological polar surface area (TPSA) is 21.3 Å². The molecule has 0 aromatic heterocycles. The van der Waals surface area contributed by atoms with E-state index in [-0.39, 0.29) is 5.75 Å². The Morgan fingerprint density at radius 1 is 1.11 bits per heavy atom. The van der Waals surface area contributed by atoms with Crippen molar-refractivity contribution < 1.29 is 17.9 Å². The van der Waals surface area contributed by atoms with Crippen LogP contribution in [-0.4, -0.2) is 20.2 Å². The smallest absolute Gasteiger partial charge is 0.416 e. The molecule has 0 bridgehead atoms. The van der Waals surface area contributed by atoms with Crippen LogP contribution in [0.2, 0.25) is 0 Å². The van der Waals surface area contributed by atoms with Crippen LogP contribution in [0.3, 0.4) is 0 Å². The fraction of sp³-hybridized carbons (Fsp3) is 0.538. The average molecular weight is 261 g/mol. The number of methoxy groups -OCH3 is 1. The van der Waals surface area contributed by atoms with Crippen LogP contribution in [0.4, 0.5) is 13.2 Å². The molecule has 2 nitrogen and oxygen atoms in total. The molecule has 1 aromatic carbocycles. The van der Waals surface area contributed by atoms with Crippen molar-refractivity contribution in [1.29, 1.82) is 0 Å². The van der Waals surface area contributed by atoms with Gasteiger partial charge in [-0.2, -0.15) is 13.2 Å². The summed E-state index contributed by atoms with van der Waals surface area (Å²) < 4.78 is 40.8. The van der Waals surface area contributed by atoms with Gasteiger partial charge in [0.05, 0.1) is 12.7 Å². The van der Waals surface area contributed by atoms with Crippen molar-refractivity contribution in [2.24, 2.45) is 0 Å². The van der Waals surface area contributed by atoms with Crippen molar-refractivity contribution in [3.8, 4) is 5.75 Å². The van der Waals surface area contributed by atoms with Gasteiger partial charge in [0, 0.05) is 0 Å². The second kappa shape index (κ2) is 7.26. The standard InChI is InChI=1S/C8H7F3O.C5H11N/c1-12-7-4-2-3-6(5-7)8(9,10)11;1-2-4-6-5-3-1/h2-5H,1H3;6H,1-5H2. The molecule has 1 N–H and O–H groups in total. The Morgan fingerprint density at radius 2 is 1.78 bits per heavy atom. The molecular weight excluding hydrogens is 243 g/mol. The van der Waals surface area contributed by atoms with E-state index in [9.17, 15) is 13.2 Å².